The summed E-state index contributed by atoms with van der Waals surface area (Å²) in [6.45, 7) is 0. The summed E-state index contributed by atoms with van der Waals surface area (Å²) in [7, 11) is -9.37. The van der Waals surface area contributed by atoms with Crippen molar-refractivity contribution in [3.8, 4) is 5.75 Å². The molecule has 1 unspecified atom stereocenters. The van der Waals surface area contributed by atoms with Crippen LogP contribution in [0.3, 0.4) is 0 Å². The zero-order valence-corrected chi connectivity index (χ0v) is 12.5. The Morgan fingerprint density at radius 1 is 1.09 bits per heavy atom. The fourth-order valence-corrected chi connectivity index (χ4v) is 3.78. The molecule has 1 atom stereocenters. The molecule has 1 aromatic carbocycles. The molecular formula is C10H13N3O7S2. The van der Waals surface area contributed by atoms with Gasteiger partial charge in [0.15, 0.2) is 0 Å². The van der Waals surface area contributed by atoms with Gasteiger partial charge < -0.3 is 22.3 Å². The largest absolute Gasteiger partial charge is 0.505 e. The summed E-state index contributed by atoms with van der Waals surface area (Å²) in [5.41, 5.74) is 15.1. The van der Waals surface area contributed by atoms with Crippen molar-refractivity contribution in [2.24, 2.45) is 11.5 Å². The molecule has 0 amide bonds. The fourth-order valence-electron chi connectivity index (χ4n) is 2.28. The van der Waals surface area contributed by atoms with Crippen LogP contribution in [0.1, 0.15) is 11.1 Å². The van der Waals surface area contributed by atoms with Crippen molar-refractivity contribution in [3.05, 3.63) is 22.9 Å². The van der Waals surface area contributed by atoms with Gasteiger partial charge in [-0.1, -0.05) is 0 Å². The minimum absolute atomic E-state index is 0.0475. The molecule has 0 radical (unpaired) electrons. The first kappa shape index (κ1) is 16.4. The molecule has 122 valence electrons. The molecule has 0 fully saturated rings. The van der Waals surface area contributed by atoms with Crippen LogP contribution < -0.4 is 17.2 Å². The topological polar surface area (TPSA) is 207 Å². The summed E-state index contributed by atoms with van der Waals surface area (Å²) >= 11 is 0. The molecular weight excluding hydrogens is 338 g/mol. The molecule has 0 aromatic heterocycles. The summed E-state index contributed by atoms with van der Waals surface area (Å²) in [6, 6.07) is 0.872. The van der Waals surface area contributed by atoms with E-state index in [1.54, 1.807) is 0 Å². The lowest BCUT2D eigenvalue weighted by molar-refractivity contribution is 0.463. The normalized spacial score (nSPS) is 19.1. The minimum atomic E-state index is -4.76. The highest BCUT2D eigenvalue weighted by atomic mass is 32.2. The Bertz CT molecular complexity index is 903. The Morgan fingerprint density at radius 2 is 1.64 bits per heavy atom. The molecule has 0 bridgehead atoms. The standard InChI is InChI=1S/C10H13N3O7S2/c11-7-4(21(15,16)17)1-3-2-5(22(18,19)20)8(12)10(14)6(3)9(7)13/h2,4,14H,1,11-13H2,(H,15,16,17)(H,18,19,20). The Hall–Kier alpha value is -2.02. The number of nitrogens with two attached hydrogens (primary N) is 3. The van der Waals surface area contributed by atoms with Crippen molar-refractivity contribution >= 4 is 31.6 Å². The minimum Gasteiger partial charge on any atom is -0.505 e. The lowest BCUT2D eigenvalue weighted by Crippen LogP contribution is -2.35. The molecule has 10 nitrogen and oxygen atoms in total. The zero-order chi connectivity index (χ0) is 17.0. The van der Waals surface area contributed by atoms with Crippen LogP contribution in [-0.4, -0.2) is 36.3 Å². The second-order valence-electron chi connectivity index (χ2n) is 4.72. The van der Waals surface area contributed by atoms with Gasteiger partial charge in [0.2, 0.25) is 0 Å². The highest BCUT2D eigenvalue weighted by Crippen LogP contribution is 2.41. The first-order chi connectivity index (χ1) is 9.85. The van der Waals surface area contributed by atoms with Gasteiger partial charge in [0.1, 0.15) is 15.9 Å². The first-order valence-corrected chi connectivity index (χ1v) is 8.63. The predicted molar refractivity (Wildman–Crippen MR) is 76.7 cm³/mol. The number of aromatic hydroxyl groups is 1. The van der Waals surface area contributed by atoms with E-state index in [1.165, 1.54) is 0 Å². The quantitative estimate of drug-likeness (QED) is 0.209. The van der Waals surface area contributed by atoms with Gasteiger partial charge in [0.05, 0.1) is 17.1 Å². The maximum absolute atomic E-state index is 11.3. The Balaban J connectivity index is 2.84. The van der Waals surface area contributed by atoms with Crippen LogP contribution in [0, 0.1) is 0 Å². The van der Waals surface area contributed by atoms with Gasteiger partial charge in [-0.05, 0) is 18.1 Å². The van der Waals surface area contributed by atoms with Crippen LogP contribution in [-0.2, 0) is 26.7 Å². The van der Waals surface area contributed by atoms with Crippen LogP contribution in [0.4, 0.5) is 5.69 Å². The second-order valence-corrected chi connectivity index (χ2v) is 7.71. The number of hydrogen-bond acceptors (Lipinski definition) is 8. The van der Waals surface area contributed by atoms with E-state index in [4.69, 9.17) is 26.3 Å². The van der Waals surface area contributed by atoms with Crippen molar-refractivity contribution < 1.29 is 31.0 Å². The lowest BCUT2D eigenvalue weighted by Gasteiger charge is -2.26. The smallest absolute Gasteiger partial charge is 0.296 e. The second kappa shape index (κ2) is 4.74. The lowest BCUT2D eigenvalue weighted by atomic mass is 9.91. The van der Waals surface area contributed by atoms with Crippen LogP contribution in [0.25, 0.3) is 5.70 Å². The molecule has 9 N–H and O–H groups in total. The monoisotopic (exact) mass is 351 g/mol. The fraction of sp³-hybridized carbons (Fsp3) is 0.200. The van der Waals surface area contributed by atoms with Crippen LogP contribution >= 0.6 is 0 Å². The summed E-state index contributed by atoms with van der Waals surface area (Å²) in [5.74, 6) is -0.751. The van der Waals surface area contributed by atoms with Gasteiger partial charge in [-0.15, -0.1) is 0 Å². The molecule has 0 saturated heterocycles. The van der Waals surface area contributed by atoms with Crippen molar-refractivity contribution in [2.75, 3.05) is 5.73 Å². The number of phenolic OH excluding ortho intramolecular Hbond substituents is 1. The van der Waals surface area contributed by atoms with Gasteiger partial charge in [-0.3, -0.25) is 9.11 Å². The Kier molecular flexibility index (Phi) is 3.52. The van der Waals surface area contributed by atoms with E-state index in [1.807, 2.05) is 0 Å². The van der Waals surface area contributed by atoms with Crippen LogP contribution in [0.5, 0.6) is 5.75 Å². The van der Waals surface area contributed by atoms with E-state index < -0.39 is 53.9 Å². The van der Waals surface area contributed by atoms with Crippen molar-refractivity contribution in [1.82, 2.24) is 0 Å². The van der Waals surface area contributed by atoms with Gasteiger partial charge in [-0.2, -0.15) is 16.8 Å². The SMILES string of the molecule is NC1=C(N)C(S(=O)(=O)O)Cc2cc(S(=O)(=O)O)c(N)c(O)c21. The van der Waals surface area contributed by atoms with E-state index in [2.05, 4.69) is 0 Å². The van der Waals surface area contributed by atoms with E-state index in [9.17, 15) is 21.9 Å². The number of anilines is 1. The molecule has 0 heterocycles. The van der Waals surface area contributed by atoms with E-state index in [-0.39, 0.29) is 16.8 Å². The van der Waals surface area contributed by atoms with Crippen molar-refractivity contribution in [3.63, 3.8) is 0 Å². The third-order valence-corrected chi connectivity index (χ3v) is 5.39. The van der Waals surface area contributed by atoms with Crippen molar-refractivity contribution in [1.29, 1.82) is 0 Å². The number of phenols is 1. The van der Waals surface area contributed by atoms with Gasteiger partial charge in [-0.25, -0.2) is 0 Å². The highest BCUT2D eigenvalue weighted by Gasteiger charge is 2.36. The van der Waals surface area contributed by atoms with Crippen LogP contribution in [0.2, 0.25) is 0 Å². The number of nitrogen functional groups attached to an aromatic ring is 1. The maximum Gasteiger partial charge on any atom is 0.296 e. The molecule has 1 aromatic rings. The highest BCUT2D eigenvalue weighted by molar-refractivity contribution is 7.86. The summed E-state index contributed by atoms with van der Waals surface area (Å²) in [6.07, 6.45) is -0.447. The van der Waals surface area contributed by atoms with Crippen LogP contribution in [0.15, 0.2) is 16.7 Å². The number of rotatable bonds is 2. The summed E-state index contributed by atoms with van der Waals surface area (Å²) < 4.78 is 63.4. The van der Waals surface area contributed by atoms with Gasteiger partial charge in [0, 0.05) is 5.56 Å². The number of benzene rings is 1. The summed E-state index contributed by atoms with van der Waals surface area (Å²) in [4.78, 5) is -0.800. The Morgan fingerprint density at radius 3 is 2.09 bits per heavy atom. The predicted octanol–water partition coefficient (Wildman–Crippen LogP) is -1.38. The average Bonchev–Trinajstić information content (AvgIpc) is 2.34. The van der Waals surface area contributed by atoms with Gasteiger partial charge in [0.25, 0.3) is 20.2 Å². The Labute approximate surface area is 125 Å². The van der Waals surface area contributed by atoms with Gasteiger partial charge >= 0.3 is 0 Å². The molecule has 1 aliphatic rings. The van der Waals surface area contributed by atoms with E-state index in [0.29, 0.717) is 0 Å². The number of fused-ring (bicyclic) bond motifs is 1. The van der Waals surface area contributed by atoms with E-state index in [0.717, 1.165) is 6.07 Å². The maximum atomic E-state index is 11.3. The third-order valence-electron chi connectivity index (χ3n) is 3.35. The summed E-state index contributed by atoms with van der Waals surface area (Å²) in [5, 5.41) is 8.38. The molecule has 0 aliphatic heterocycles. The molecule has 0 saturated carbocycles. The number of hydrogen-bond donors (Lipinski definition) is 6. The van der Waals surface area contributed by atoms with E-state index >= 15 is 0 Å². The average molecular weight is 351 g/mol. The first-order valence-electron chi connectivity index (χ1n) is 5.69. The molecule has 0 spiro atoms. The molecule has 1 aliphatic carbocycles. The third kappa shape index (κ3) is 2.45. The molecule has 2 rings (SSSR count). The zero-order valence-electron chi connectivity index (χ0n) is 10.9. The van der Waals surface area contributed by atoms with Crippen molar-refractivity contribution in [2.45, 2.75) is 16.6 Å². The molecule has 22 heavy (non-hydrogen) atoms. The molecule has 12 heteroatoms.